The average Bonchev–Trinajstić information content (AvgIpc) is 3.19. The zero-order valence-corrected chi connectivity index (χ0v) is 29.4. The summed E-state index contributed by atoms with van der Waals surface area (Å²) >= 11 is 0. The molecule has 0 radical (unpaired) electrons. The first-order chi connectivity index (χ1) is 26.3. The third-order valence-electron chi connectivity index (χ3n) is 8.46. The second-order valence-electron chi connectivity index (χ2n) is 12.2. The molecule has 1 N–H and O–H groups in total. The predicted octanol–water partition coefficient (Wildman–Crippen LogP) is 6.42. The predicted molar refractivity (Wildman–Crippen MR) is 202 cm³/mol. The fraction of sp³-hybridized carbons (Fsp3) is 0.238. The summed E-state index contributed by atoms with van der Waals surface area (Å²) < 4.78 is 34.8. The lowest BCUT2D eigenvalue weighted by Crippen LogP contribution is -2.37. The molecule has 12 nitrogen and oxygen atoms in total. The summed E-state index contributed by atoms with van der Waals surface area (Å²) in [5.41, 5.74) is 2.31. The van der Waals surface area contributed by atoms with E-state index in [0.717, 1.165) is 11.1 Å². The highest BCUT2D eigenvalue weighted by atomic mass is 16.5. The van der Waals surface area contributed by atoms with Crippen LogP contribution in [0.25, 0.3) is 44.6 Å². The van der Waals surface area contributed by atoms with Gasteiger partial charge in [0.2, 0.25) is 5.91 Å². The minimum Gasteiger partial charge on any atom is -0.491 e. The molecule has 278 valence electrons. The number of rotatable bonds is 19. The van der Waals surface area contributed by atoms with Gasteiger partial charge in [-0.1, -0.05) is 24.3 Å². The van der Waals surface area contributed by atoms with Crippen LogP contribution in [-0.2, 0) is 19.1 Å². The van der Waals surface area contributed by atoms with Crippen molar-refractivity contribution in [1.82, 2.24) is 4.90 Å². The Kier molecular flexibility index (Phi) is 12.8. The van der Waals surface area contributed by atoms with E-state index in [9.17, 15) is 19.2 Å². The molecule has 0 bridgehead atoms. The number of nitrogens with zero attached hydrogens (tertiary/aromatic N) is 1. The normalized spacial score (nSPS) is 11.1. The Morgan fingerprint density at radius 2 is 1.00 bits per heavy atom. The molecular formula is C42H39NO11. The van der Waals surface area contributed by atoms with Crippen LogP contribution in [0.15, 0.2) is 128 Å². The molecule has 0 aliphatic heterocycles. The molecule has 4 aromatic carbocycles. The Labute approximate surface area is 310 Å². The SMILES string of the molecule is O=C(O)CCC(=O)N(CCOCCOc1ccc(-c2cc(=O)c3ccccc3o2)cc1)CCOCCOc1ccc(-c2cc(=O)c3ccccc3o2)cc1. The van der Waals surface area contributed by atoms with Crippen molar-refractivity contribution in [2.75, 3.05) is 52.7 Å². The molecule has 12 heteroatoms. The van der Waals surface area contributed by atoms with E-state index in [1.54, 1.807) is 60.7 Å². The Morgan fingerprint density at radius 3 is 1.44 bits per heavy atom. The molecule has 0 spiro atoms. The first-order valence-corrected chi connectivity index (χ1v) is 17.5. The van der Waals surface area contributed by atoms with Gasteiger partial charge in [0.25, 0.3) is 0 Å². The lowest BCUT2D eigenvalue weighted by molar-refractivity contribution is -0.141. The summed E-state index contributed by atoms with van der Waals surface area (Å²) in [7, 11) is 0. The number of benzene rings is 4. The summed E-state index contributed by atoms with van der Waals surface area (Å²) in [5, 5.41) is 10.1. The zero-order valence-electron chi connectivity index (χ0n) is 29.4. The Bertz CT molecular complexity index is 2150. The molecule has 2 aromatic heterocycles. The molecule has 0 saturated carbocycles. The van der Waals surface area contributed by atoms with Gasteiger partial charge in [0.15, 0.2) is 10.9 Å². The van der Waals surface area contributed by atoms with E-state index in [-0.39, 0.29) is 82.3 Å². The van der Waals surface area contributed by atoms with E-state index < -0.39 is 5.97 Å². The van der Waals surface area contributed by atoms with Crippen LogP contribution in [0.2, 0.25) is 0 Å². The van der Waals surface area contributed by atoms with Crippen molar-refractivity contribution in [2.24, 2.45) is 0 Å². The summed E-state index contributed by atoms with van der Waals surface area (Å²) in [5.74, 6) is 0.813. The maximum Gasteiger partial charge on any atom is 0.303 e. The van der Waals surface area contributed by atoms with Crippen molar-refractivity contribution < 1.29 is 42.5 Å². The van der Waals surface area contributed by atoms with Gasteiger partial charge in [0, 0.05) is 42.8 Å². The van der Waals surface area contributed by atoms with Crippen LogP contribution in [0.5, 0.6) is 11.5 Å². The van der Waals surface area contributed by atoms with Gasteiger partial charge in [-0.15, -0.1) is 0 Å². The summed E-state index contributed by atoms with van der Waals surface area (Å²) in [4.78, 5) is 50.2. The van der Waals surface area contributed by atoms with Gasteiger partial charge in [-0.25, -0.2) is 0 Å². The van der Waals surface area contributed by atoms with E-state index in [0.29, 0.717) is 45.0 Å². The Balaban J connectivity index is 0.893. The van der Waals surface area contributed by atoms with E-state index in [4.69, 9.17) is 32.9 Å². The minimum absolute atomic E-state index is 0.111. The molecule has 6 rings (SSSR count). The topological polar surface area (TPSA) is 155 Å². The summed E-state index contributed by atoms with van der Waals surface area (Å²) in [6.45, 7) is 2.04. The minimum atomic E-state index is -1.05. The third-order valence-corrected chi connectivity index (χ3v) is 8.46. The van der Waals surface area contributed by atoms with E-state index in [1.807, 2.05) is 36.4 Å². The highest BCUT2D eigenvalue weighted by Gasteiger charge is 2.15. The molecule has 0 fully saturated rings. The number of hydrogen-bond acceptors (Lipinski definition) is 10. The number of carbonyl (C=O) groups excluding carboxylic acids is 1. The second-order valence-corrected chi connectivity index (χ2v) is 12.2. The highest BCUT2D eigenvalue weighted by molar-refractivity contribution is 5.81. The van der Waals surface area contributed by atoms with Crippen molar-refractivity contribution in [1.29, 1.82) is 0 Å². The molecule has 54 heavy (non-hydrogen) atoms. The van der Waals surface area contributed by atoms with Crippen molar-refractivity contribution in [2.45, 2.75) is 12.8 Å². The summed E-state index contributed by atoms with van der Waals surface area (Å²) in [6.07, 6.45) is -0.394. The largest absolute Gasteiger partial charge is 0.491 e. The van der Waals surface area contributed by atoms with Crippen molar-refractivity contribution in [3.8, 4) is 34.1 Å². The maximum absolute atomic E-state index is 12.7. The zero-order chi connectivity index (χ0) is 37.7. The van der Waals surface area contributed by atoms with E-state index in [1.165, 1.54) is 17.0 Å². The Morgan fingerprint density at radius 1 is 0.556 bits per heavy atom. The van der Waals surface area contributed by atoms with Gasteiger partial charge in [-0.3, -0.25) is 19.2 Å². The molecule has 0 aliphatic rings. The smallest absolute Gasteiger partial charge is 0.303 e. The fourth-order valence-electron chi connectivity index (χ4n) is 5.65. The lowest BCUT2D eigenvalue weighted by atomic mass is 10.1. The first-order valence-electron chi connectivity index (χ1n) is 17.5. The molecule has 1 amide bonds. The van der Waals surface area contributed by atoms with Crippen LogP contribution in [0, 0.1) is 0 Å². The molecule has 0 atom stereocenters. The van der Waals surface area contributed by atoms with Gasteiger partial charge in [0.1, 0.15) is 47.4 Å². The van der Waals surface area contributed by atoms with Gasteiger partial charge < -0.3 is 37.8 Å². The van der Waals surface area contributed by atoms with E-state index >= 15 is 0 Å². The quantitative estimate of drug-likeness (QED) is 0.0918. The average molecular weight is 734 g/mol. The number of amides is 1. The van der Waals surface area contributed by atoms with Gasteiger partial charge in [0.05, 0.1) is 43.6 Å². The number of carboxylic acids is 1. The maximum atomic E-state index is 12.7. The Hall–Kier alpha value is -6.24. The number of ether oxygens (including phenoxy) is 4. The van der Waals surface area contributed by atoms with Crippen LogP contribution < -0.4 is 20.3 Å². The number of aliphatic carboxylic acids is 1. The number of carboxylic acid groups (broad SMARTS) is 1. The molecule has 0 saturated heterocycles. The third kappa shape index (κ3) is 10.2. The van der Waals surface area contributed by atoms with Crippen molar-refractivity contribution in [3.05, 3.63) is 130 Å². The number of fused-ring (bicyclic) bond motifs is 2. The number of carbonyl (C=O) groups is 2. The van der Waals surface area contributed by atoms with Gasteiger partial charge in [-0.05, 0) is 72.8 Å². The standard InChI is InChI=1S/C42H39NO11/c44-35-27-39(53-37-7-3-1-5-33(35)37)29-9-13-31(14-10-29)51-25-23-49-21-19-43(41(46)17-18-42(47)48)20-22-50-24-26-52-32-15-11-30(12-16-32)40-28-36(45)34-6-2-4-8-38(34)54-40/h1-16,27-28H,17-26H2,(H,47,48). The molecular weight excluding hydrogens is 694 g/mol. The molecule has 0 unspecified atom stereocenters. The summed E-state index contributed by atoms with van der Waals surface area (Å²) in [6, 6.07) is 31.5. The van der Waals surface area contributed by atoms with Crippen molar-refractivity contribution >= 4 is 33.8 Å². The van der Waals surface area contributed by atoms with Crippen LogP contribution in [0.3, 0.4) is 0 Å². The van der Waals surface area contributed by atoms with Crippen LogP contribution in [0.1, 0.15) is 12.8 Å². The highest BCUT2D eigenvalue weighted by Crippen LogP contribution is 2.26. The van der Waals surface area contributed by atoms with Gasteiger partial charge >= 0.3 is 5.97 Å². The lowest BCUT2D eigenvalue weighted by Gasteiger charge is -2.22. The van der Waals surface area contributed by atoms with Crippen molar-refractivity contribution in [3.63, 3.8) is 0 Å². The van der Waals surface area contributed by atoms with E-state index in [2.05, 4.69) is 0 Å². The number of para-hydroxylation sites is 2. The van der Waals surface area contributed by atoms with Crippen LogP contribution >= 0.6 is 0 Å². The molecule has 2 heterocycles. The molecule has 6 aromatic rings. The van der Waals surface area contributed by atoms with Crippen LogP contribution in [0.4, 0.5) is 0 Å². The number of hydrogen-bond donors (Lipinski definition) is 1. The van der Waals surface area contributed by atoms with Crippen LogP contribution in [-0.4, -0.2) is 74.6 Å². The first kappa shape index (κ1) is 37.5. The monoisotopic (exact) mass is 733 g/mol. The van der Waals surface area contributed by atoms with Gasteiger partial charge in [-0.2, -0.15) is 0 Å². The second kappa shape index (κ2) is 18.5. The molecule has 0 aliphatic carbocycles. The fourth-order valence-corrected chi connectivity index (χ4v) is 5.65.